The maximum atomic E-state index is 11.6. The standard InChI is InChI=1S/C10H14O2/c11-9-8-2-6-1-7(3-8)5-10(9,12)4-6/h6-8,12H,1-5H2. The molecule has 4 fully saturated rings. The highest BCUT2D eigenvalue weighted by atomic mass is 16.3. The molecule has 0 radical (unpaired) electrons. The first-order valence-electron chi connectivity index (χ1n) is 4.94. The minimum absolute atomic E-state index is 0.162. The molecule has 4 aliphatic carbocycles. The van der Waals surface area contributed by atoms with Crippen LogP contribution in [0.15, 0.2) is 0 Å². The van der Waals surface area contributed by atoms with Crippen molar-refractivity contribution in [2.75, 3.05) is 0 Å². The Morgan fingerprint density at radius 3 is 2.25 bits per heavy atom. The summed E-state index contributed by atoms with van der Waals surface area (Å²) in [5, 5.41) is 10.0. The molecule has 0 aromatic heterocycles. The van der Waals surface area contributed by atoms with E-state index in [2.05, 4.69) is 0 Å². The van der Waals surface area contributed by atoms with Gasteiger partial charge in [0.15, 0.2) is 5.78 Å². The normalized spacial score (nSPS) is 56.4. The van der Waals surface area contributed by atoms with Crippen LogP contribution in [0.3, 0.4) is 0 Å². The van der Waals surface area contributed by atoms with E-state index in [1.54, 1.807) is 0 Å². The molecule has 0 aliphatic heterocycles. The second-order valence-corrected chi connectivity index (χ2v) is 4.94. The summed E-state index contributed by atoms with van der Waals surface area (Å²) in [6, 6.07) is 0. The first-order valence-corrected chi connectivity index (χ1v) is 4.94. The maximum Gasteiger partial charge on any atom is 0.167 e. The Kier molecular flexibility index (Phi) is 1.13. The van der Waals surface area contributed by atoms with Crippen LogP contribution in [0.1, 0.15) is 32.1 Å². The third kappa shape index (κ3) is 0.717. The van der Waals surface area contributed by atoms with Crippen LogP contribution < -0.4 is 0 Å². The van der Waals surface area contributed by atoms with Gasteiger partial charge in [-0.2, -0.15) is 0 Å². The van der Waals surface area contributed by atoms with Crippen LogP contribution in [0.2, 0.25) is 0 Å². The molecular weight excluding hydrogens is 152 g/mol. The van der Waals surface area contributed by atoms with Crippen molar-refractivity contribution >= 4 is 5.78 Å². The molecule has 0 heterocycles. The molecule has 0 amide bonds. The lowest BCUT2D eigenvalue weighted by molar-refractivity contribution is -0.168. The molecule has 12 heavy (non-hydrogen) atoms. The fourth-order valence-corrected chi connectivity index (χ4v) is 3.73. The third-order valence-corrected chi connectivity index (χ3v) is 3.98. The van der Waals surface area contributed by atoms with Gasteiger partial charge in [0.25, 0.3) is 0 Å². The molecule has 4 bridgehead atoms. The summed E-state index contributed by atoms with van der Waals surface area (Å²) in [7, 11) is 0. The van der Waals surface area contributed by atoms with Crippen molar-refractivity contribution in [3.05, 3.63) is 0 Å². The molecule has 0 aromatic rings. The molecule has 2 atom stereocenters. The Hall–Kier alpha value is -0.370. The largest absolute Gasteiger partial charge is 0.382 e. The van der Waals surface area contributed by atoms with Crippen LogP contribution in [0.4, 0.5) is 0 Å². The summed E-state index contributed by atoms with van der Waals surface area (Å²) < 4.78 is 0. The molecule has 1 N–H and O–H groups in total. The van der Waals surface area contributed by atoms with E-state index in [-0.39, 0.29) is 11.7 Å². The van der Waals surface area contributed by atoms with Crippen molar-refractivity contribution < 1.29 is 9.90 Å². The monoisotopic (exact) mass is 166 g/mol. The second-order valence-electron chi connectivity index (χ2n) is 4.94. The zero-order valence-corrected chi connectivity index (χ0v) is 7.12. The number of carbonyl (C=O) groups excluding carboxylic acids is 1. The van der Waals surface area contributed by atoms with Crippen molar-refractivity contribution in [1.29, 1.82) is 0 Å². The number of hydrogen-bond donors (Lipinski definition) is 1. The summed E-state index contributed by atoms with van der Waals surface area (Å²) in [5.74, 6) is 1.70. The highest BCUT2D eigenvalue weighted by Gasteiger charge is 2.55. The van der Waals surface area contributed by atoms with Gasteiger partial charge in [-0.3, -0.25) is 4.79 Å². The molecular formula is C10H14O2. The number of Topliss-reactive ketones (excluding diaryl/α,β-unsaturated/α-hetero) is 1. The Morgan fingerprint density at radius 1 is 1.17 bits per heavy atom. The summed E-state index contributed by atoms with van der Waals surface area (Å²) in [6.07, 6.45) is 4.93. The predicted octanol–water partition coefficient (Wildman–Crippen LogP) is 1.13. The van der Waals surface area contributed by atoms with Crippen LogP contribution in [-0.4, -0.2) is 16.5 Å². The first kappa shape index (κ1) is 7.07. The quantitative estimate of drug-likeness (QED) is 0.585. The van der Waals surface area contributed by atoms with E-state index in [1.165, 1.54) is 6.42 Å². The van der Waals surface area contributed by atoms with Gasteiger partial charge in [-0.1, -0.05) is 0 Å². The van der Waals surface area contributed by atoms with Crippen LogP contribution in [0, 0.1) is 17.8 Å². The van der Waals surface area contributed by atoms with Gasteiger partial charge in [0.05, 0.1) is 0 Å². The lowest BCUT2D eigenvalue weighted by Gasteiger charge is -2.52. The molecule has 4 aliphatic rings. The van der Waals surface area contributed by atoms with Crippen LogP contribution >= 0.6 is 0 Å². The minimum Gasteiger partial charge on any atom is -0.382 e. The summed E-state index contributed by atoms with van der Waals surface area (Å²) in [4.78, 5) is 11.6. The fourth-order valence-electron chi connectivity index (χ4n) is 3.73. The molecule has 4 saturated carbocycles. The number of aliphatic hydroxyl groups is 1. The lowest BCUT2D eigenvalue weighted by Crippen LogP contribution is -2.57. The van der Waals surface area contributed by atoms with Crippen LogP contribution in [0.25, 0.3) is 0 Å². The Labute approximate surface area is 72.0 Å². The van der Waals surface area contributed by atoms with Gasteiger partial charge >= 0.3 is 0 Å². The zero-order chi connectivity index (χ0) is 8.34. The first-order chi connectivity index (χ1) is 5.67. The van der Waals surface area contributed by atoms with Crippen molar-refractivity contribution in [1.82, 2.24) is 0 Å². The number of hydrogen-bond acceptors (Lipinski definition) is 2. The van der Waals surface area contributed by atoms with E-state index < -0.39 is 5.60 Å². The van der Waals surface area contributed by atoms with Gasteiger partial charge in [-0.25, -0.2) is 0 Å². The van der Waals surface area contributed by atoms with E-state index in [0.717, 1.165) is 25.7 Å². The number of carbonyl (C=O) groups is 1. The van der Waals surface area contributed by atoms with E-state index in [9.17, 15) is 9.90 Å². The second kappa shape index (κ2) is 1.92. The van der Waals surface area contributed by atoms with Crippen LogP contribution in [-0.2, 0) is 4.79 Å². The van der Waals surface area contributed by atoms with E-state index >= 15 is 0 Å². The van der Waals surface area contributed by atoms with E-state index in [0.29, 0.717) is 11.8 Å². The smallest absolute Gasteiger partial charge is 0.167 e. The Balaban J connectivity index is 2.02. The third-order valence-electron chi connectivity index (χ3n) is 3.98. The summed E-state index contributed by atoms with van der Waals surface area (Å²) >= 11 is 0. The lowest BCUT2D eigenvalue weighted by atomic mass is 9.54. The van der Waals surface area contributed by atoms with Crippen LogP contribution in [0.5, 0.6) is 0 Å². The van der Waals surface area contributed by atoms with Crippen molar-refractivity contribution in [2.24, 2.45) is 17.8 Å². The zero-order valence-electron chi connectivity index (χ0n) is 7.12. The molecule has 0 aromatic carbocycles. The predicted molar refractivity (Wildman–Crippen MR) is 43.5 cm³/mol. The summed E-state index contributed by atoms with van der Waals surface area (Å²) in [5.41, 5.74) is -0.880. The number of ketones is 1. The van der Waals surface area contributed by atoms with Crippen molar-refractivity contribution in [3.8, 4) is 0 Å². The molecule has 4 rings (SSSR count). The molecule has 2 nitrogen and oxygen atoms in total. The topological polar surface area (TPSA) is 37.3 Å². The number of rotatable bonds is 0. The highest BCUT2D eigenvalue weighted by molar-refractivity contribution is 5.91. The van der Waals surface area contributed by atoms with Gasteiger partial charge in [0.2, 0.25) is 0 Å². The Morgan fingerprint density at radius 2 is 1.75 bits per heavy atom. The van der Waals surface area contributed by atoms with Gasteiger partial charge < -0.3 is 5.11 Å². The molecule has 0 spiro atoms. The minimum atomic E-state index is -0.880. The average molecular weight is 166 g/mol. The fraction of sp³-hybridized carbons (Fsp3) is 0.900. The molecule has 0 saturated heterocycles. The average Bonchev–Trinajstić information content (AvgIpc) is 1.98. The van der Waals surface area contributed by atoms with E-state index in [4.69, 9.17) is 0 Å². The highest BCUT2D eigenvalue weighted by Crippen LogP contribution is 2.53. The molecule has 2 unspecified atom stereocenters. The maximum absolute atomic E-state index is 11.6. The van der Waals surface area contributed by atoms with Gasteiger partial charge in [0, 0.05) is 5.92 Å². The van der Waals surface area contributed by atoms with E-state index in [1.807, 2.05) is 0 Å². The SMILES string of the molecule is O=C1C2CC3CC(C2)CC1(O)C3. The van der Waals surface area contributed by atoms with Gasteiger partial charge in [-0.15, -0.1) is 0 Å². The van der Waals surface area contributed by atoms with Crippen molar-refractivity contribution in [3.63, 3.8) is 0 Å². The van der Waals surface area contributed by atoms with Gasteiger partial charge in [-0.05, 0) is 43.9 Å². The molecule has 2 heteroatoms. The Bertz CT molecular complexity index is 232. The molecule has 66 valence electrons. The van der Waals surface area contributed by atoms with Crippen molar-refractivity contribution in [2.45, 2.75) is 37.7 Å². The van der Waals surface area contributed by atoms with Gasteiger partial charge in [0.1, 0.15) is 5.60 Å². The summed E-state index contributed by atoms with van der Waals surface area (Å²) in [6.45, 7) is 0.